The molecule has 0 fully saturated rings. The summed E-state index contributed by atoms with van der Waals surface area (Å²) in [6, 6.07) is 30.9. The molecule has 8 heteroatoms. The Balaban J connectivity index is 1.31. The predicted molar refractivity (Wildman–Crippen MR) is 163 cm³/mol. The van der Waals surface area contributed by atoms with Gasteiger partial charge >= 0.3 is 0 Å². The Hall–Kier alpha value is -4.45. The van der Waals surface area contributed by atoms with E-state index in [0.717, 1.165) is 71.5 Å². The molecule has 0 radical (unpaired) electrons. The third-order valence-corrected chi connectivity index (χ3v) is 10.5. The van der Waals surface area contributed by atoms with Crippen molar-refractivity contribution < 1.29 is 4.74 Å². The number of benzene rings is 2. The molecular formula is C32H22N5OPS. The zero-order valence-corrected chi connectivity index (χ0v) is 23.2. The summed E-state index contributed by atoms with van der Waals surface area (Å²) in [4.78, 5) is 19.5. The van der Waals surface area contributed by atoms with E-state index in [2.05, 4.69) is 84.1 Å². The molecule has 6 nitrogen and oxygen atoms in total. The van der Waals surface area contributed by atoms with Crippen molar-refractivity contribution in [3.05, 3.63) is 115 Å². The fraction of sp³-hybridized carbons (Fsp3) is 0.0312. The predicted octanol–water partition coefficient (Wildman–Crippen LogP) is 7.82. The minimum Gasteiger partial charge on any atom is -0.454 e. The summed E-state index contributed by atoms with van der Waals surface area (Å²) < 4.78 is 8.34. The van der Waals surface area contributed by atoms with Gasteiger partial charge in [-0.2, -0.15) is 0 Å². The lowest BCUT2D eigenvalue weighted by Crippen LogP contribution is -2.26. The van der Waals surface area contributed by atoms with E-state index in [0.29, 0.717) is 0 Å². The number of rotatable bonds is 3. The van der Waals surface area contributed by atoms with Gasteiger partial charge in [-0.25, -0.2) is 15.0 Å². The lowest BCUT2D eigenvalue weighted by atomic mass is 10.2. The standard InChI is InChI=1S/C32H22N5OPS/c1-20(2)39-25-11-5-4-10-23(25)38-24-13-15-29(35-32(24)39)37-22-9-3-6-12-26(22)40-27-14-16-28(34-31(27)37)36-19-17-21-8-7-18-33-30(21)36/h3-19H,1H2,2H3. The topological polar surface area (TPSA) is 56.1 Å². The van der Waals surface area contributed by atoms with Crippen LogP contribution in [0.5, 0.6) is 11.5 Å². The van der Waals surface area contributed by atoms with Gasteiger partial charge < -0.3 is 4.74 Å². The second-order valence-corrected chi connectivity index (χ2v) is 13.1. The van der Waals surface area contributed by atoms with Crippen molar-refractivity contribution >= 4 is 58.8 Å². The number of para-hydroxylation sites is 2. The van der Waals surface area contributed by atoms with Crippen molar-refractivity contribution in [1.29, 1.82) is 0 Å². The molecule has 0 saturated carbocycles. The molecule has 0 N–H and O–H groups in total. The maximum atomic E-state index is 6.31. The van der Waals surface area contributed by atoms with Crippen molar-refractivity contribution in [2.24, 2.45) is 0 Å². The summed E-state index contributed by atoms with van der Waals surface area (Å²) in [5.41, 5.74) is 2.84. The van der Waals surface area contributed by atoms with Crippen LogP contribution in [-0.2, 0) is 0 Å². The average Bonchev–Trinajstić information content (AvgIpc) is 3.42. The molecule has 0 saturated heterocycles. The highest BCUT2D eigenvalue weighted by molar-refractivity contribution is 7.99. The lowest BCUT2D eigenvalue weighted by Gasteiger charge is -2.33. The number of aromatic nitrogens is 4. The van der Waals surface area contributed by atoms with Gasteiger partial charge in [0.2, 0.25) is 0 Å². The van der Waals surface area contributed by atoms with E-state index in [-0.39, 0.29) is 0 Å². The third-order valence-electron chi connectivity index (χ3n) is 7.03. The number of fused-ring (bicyclic) bond motifs is 5. The number of ether oxygens (including phenoxy) is 1. The summed E-state index contributed by atoms with van der Waals surface area (Å²) >= 11 is 1.72. The number of allylic oxidation sites excluding steroid dienone is 1. The van der Waals surface area contributed by atoms with Crippen molar-refractivity contribution in [2.45, 2.75) is 16.7 Å². The first kappa shape index (κ1) is 23.4. The van der Waals surface area contributed by atoms with Crippen molar-refractivity contribution in [3.8, 4) is 17.3 Å². The summed E-state index contributed by atoms with van der Waals surface area (Å²) in [7, 11) is -0.885. The normalized spacial score (nSPS) is 15.0. The molecular weight excluding hydrogens is 533 g/mol. The number of pyridine rings is 3. The maximum absolute atomic E-state index is 6.31. The number of hydrogen-bond donors (Lipinski definition) is 0. The monoisotopic (exact) mass is 555 g/mol. The van der Waals surface area contributed by atoms with E-state index in [9.17, 15) is 0 Å². The minimum absolute atomic E-state index is 0.781. The largest absolute Gasteiger partial charge is 0.454 e. The van der Waals surface area contributed by atoms with Crippen LogP contribution in [0.1, 0.15) is 6.92 Å². The van der Waals surface area contributed by atoms with Crippen LogP contribution in [0.2, 0.25) is 0 Å². The van der Waals surface area contributed by atoms with Crippen molar-refractivity contribution in [2.75, 3.05) is 4.90 Å². The Kier molecular flexibility index (Phi) is 5.30. The van der Waals surface area contributed by atoms with E-state index < -0.39 is 7.92 Å². The highest BCUT2D eigenvalue weighted by atomic mass is 32.2. The first-order valence-electron chi connectivity index (χ1n) is 12.9. The molecule has 6 aromatic rings. The van der Waals surface area contributed by atoms with E-state index in [1.54, 1.807) is 11.8 Å². The molecule has 2 aliphatic heterocycles. The van der Waals surface area contributed by atoms with Crippen LogP contribution in [0.3, 0.4) is 0 Å². The molecule has 1 unspecified atom stereocenters. The van der Waals surface area contributed by atoms with Gasteiger partial charge in [0.05, 0.1) is 10.6 Å². The first-order chi connectivity index (χ1) is 19.7. The third kappa shape index (κ3) is 3.59. The lowest BCUT2D eigenvalue weighted by molar-refractivity contribution is 0.487. The Bertz CT molecular complexity index is 1990. The van der Waals surface area contributed by atoms with Gasteiger partial charge in [0, 0.05) is 35.9 Å². The average molecular weight is 556 g/mol. The smallest absolute Gasteiger partial charge is 0.155 e. The van der Waals surface area contributed by atoms with Crippen molar-refractivity contribution in [3.63, 3.8) is 0 Å². The zero-order valence-electron chi connectivity index (χ0n) is 21.5. The van der Waals surface area contributed by atoms with Crippen LogP contribution < -0.4 is 20.4 Å². The highest BCUT2D eigenvalue weighted by Gasteiger charge is 2.32. The number of anilines is 3. The van der Waals surface area contributed by atoms with Crippen LogP contribution in [0.4, 0.5) is 17.3 Å². The molecule has 2 aromatic carbocycles. The van der Waals surface area contributed by atoms with E-state index in [1.807, 2.05) is 47.3 Å². The van der Waals surface area contributed by atoms with Gasteiger partial charge in [-0.3, -0.25) is 9.47 Å². The molecule has 0 aliphatic carbocycles. The Morgan fingerprint density at radius 2 is 1.68 bits per heavy atom. The van der Waals surface area contributed by atoms with Crippen LogP contribution in [-0.4, -0.2) is 19.5 Å². The van der Waals surface area contributed by atoms with Gasteiger partial charge in [-0.05, 0) is 72.9 Å². The highest BCUT2D eigenvalue weighted by Crippen LogP contribution is 2.53. The molecule has 192 valence electrons. The number of nitrogens with zero attached hydrogens (tertiary/aromatic N) is 5. The van der Waals surface area contributed by atoms with E-state index in [1.165, 1.54) is 0 Å². The molecule has 1 atom stereocenters. The summed E-state index contributed by atoms with van der Waals surface area (Å²) in [5, 5.41) is 3.30. The van der Waals surface area contributed by atoms with Gasteiger partial charge in [0.1, 0.15) is 28.5 Å². The maximum Gasteiger partial charge on any atom is 0.155 e. The Labute approximate surface area is 236 Å². The summed E-state index contributed by atoms with van der Waals surface area (Å²) in [6.07, 6.45) is 3.83. The second-order valence-electron chi connectivity index (χ2n) is 9.63. The fourth-order valence-corrected chi connectivity index (χ4v) is 8.41. The van der Waals surface area contributed by atoms with Gasteiger partial charge in [-0.15, -0.1) is 0 Å². The van der Waals surface area contributed by atoms with Crippen LogP contribution in [0, 0.1) is 0 Å². The zero-order chi connectivity index (χ0) is 26.8. The number of hydrogen-bond acceptors (Lipinski definition) is 6. The molecule has 40 heavy (non-hydrogen) atoms. The molecule has 0 bridgehead atoms. The SMILES string of the molecule is C=C(C)P1c2ccccc2Oc2ccc(N3c4ccccc4Sc4ccc(-n5ccc6cccnc65)nc43)nc21. The molecule has 6 heterocycles. The van der Waals surface area contributed by atoms with Crippen LogP contribution in [0.15, 0.2) is 125 Å². The molecule has 8 rings (SSSR count). The van der Waals surface area contributed by atoms with Gasteiger partial charge in [0.15, 0.2) is 11.6 Å². The first-order valence-corrected chi connectivity index (χ1v) is 15.1. The second kappa shape index (κ2) is 9.05. The summed E-state index contributed by atoms with van der Waals surface area (Å²) in [6.45, 7) is 6.43. The quantitative estimate of drug-likeness (QED) is 0.207. The molecule has 2 aliphatic rings. The van der Waals surface area contributed by atoms with E-state index in [4.69, 9.17) is 14.7 Å². The van der Waals surface area contributed by atoms with Crippen LogP contribution in [0.25, 0.3) is 16.9 Å². The Morgan fingerprint density at radius 3 is 2.60 bits per heavy atom. The molecule has 0 amide bonds. The van der Waals surface area contributed by atoms with E-state index >= 15 is 0 Å². The van der Waals surface area contributed by atoms with Crippen molar-refractivity contribution in [1.82, 2.24) is 19.5 Å². The fourth-order valence-electron chi connectivity index (χ4n) is 5.28. The van der Waals surface area contributed by atoms with Crippen LogP contribution >= 0.6 is 19.7 Å². The molecule has 4 aromatic heterocycles. The Morgan fingerprint density at radius 1 is 0.825 bits per heavy atom. The van der Waals surface area contributed by atoms with Gasteiger partial charge in [0.25, 0.3) is 0 Å². The van der Waals surface area contributed by atoms with Gasteiger partial charge in [-0.1, -0.05) is 48.7 Å². The summed E-state index contributed by atoms with van der Waals surface area (Å²) in [5.74, 6) is 4.09. The minimum atomic E-state index is -0.885. The molecule has 0 spiro atoms.